The van der Waals surface area contributed by atoms with Crippen molar-refractivity contribution in [2.75, 3.05) is 0 Å². The number of rotatable bonds is 4. The summed E-state index contributed by atoms with van der Waals surface area (Å²) in [5.41, 5.74) is 2.53. The zero-order valence-electron chi connectivity index (χ0n) is 12.3. The van der Waals surface area contributed by atoms with Gasteiger partial charge in [-0.1, -0.05) is 68.8 Å². The van der Waals surface area contributed by atoms with Crippen molar-refractivity contribution in [3.63, 3.8) is 0 Å². The molecule has 0 N–H and O–H groups in total. The standard InChI is InChI=1S/C19H21N/c1-3-5-13-19(12-4-2)18-11-10-15-8-6-7-9-16(15)17(18)14-20-19/h5-11,13-14H,3-4,12H2,1-2H3/b13-5+. The average Bonchev–Trinajstić information content (AvgIpc) is 2.85. The topological polar surface area (TPSA) is 12.4 Å². The van der Waals surface area contributed by atoms with Gasteiger partial charge in [0, 0.05) is 11.8 Å². The first-order chi connectivity index (χ1) is 9.80. The van der Waals surface area contributed by atoms with E-state index in [2.05, 4.69) is 68.6 Å². The fourth-order valence-electron chi connectivity index (χ4n) is 3.17. The molecule has 2 aromatic carbocycles. The van der Waals surface area contributed by atoms with Gasteiger partial charge in [-0.3, -0.25) is 4.99 Å². The molecule has 1 heterocycles. The zero-order valence-corrected chi connectivity index (χ0v) is 12.3. The Morgan fingerprint density at radius 1 is 1.10 bits per heavy atom. The van der Waals surface area contributed by atoms with E-state index < -0.39 is 0 Å². The average molecular weight is 263 g/mol. The number of hydrogen-bond acceptors (Lipinski definition) is 1. The summed E-state index contributed by atoms with van der Waals surface area (Å²) >= 11 is 0. The van der Waals surface area contributed by atoms with Crippen LogP contribution in [0.3, 0.4) is 0 Å². The van der Waals surface area contributed by atoms with Crippen LogP contribution in [0.25, 0.3) is 10.8 Å². The maximum atomic E-state index is 4.90. The first-order valence-electron chi connectivity index (χ1n) is 7.56. The van der Waals surface area contributed by atoms with Gasteiger partial charge in [-0.05, 0) is 29.2 Å². The molecule has 0 saturated carbocycles. The summed E-state index contributed by atoms with van der Waals surface area (Å²) in [7, 11) is 0. The second-order valence-electron chi connectivity index (χ2n) is 5.49. The van der Waals surface area contributed by atoms with Crippen LogP contribution in [-0.4, -0.2) is 6.21 Å². The number of nitrogens with zero attached hydrogens (tertiary/aromatic N) is 1. The van der Waals surface area contributed by atoms with E-state index in [1.165, 1.54) is 21.9 Å². The van der Waals surface area contributed by atoms with Crippen molar-refractivity contribution in [2.24, 2.45) is 4.99 Å². The predicted molar refractivity (Wildman–Crippen MR) is 87.6 cm³/mol. The van der Waals surface area contributed by atoms with Crippen molar-refractivity contribution < 1.29 is 0 Å². The molecule has 2 aromatic rings. The lowest BCUT2D eigenvalue weighted by atomic mass is 9.84. The zero-order chi connectivity index (χ0) is 14.0. The third-order valence-electron chi connectivity index (χ3n) is 4.12. The van der Waals surface area contributed by atoms with Crippen molar-refractivity contribution in [3.8, 4) is 0 Å². The maximum absolute atomic E-state index is 4.90. The molecule has 1 aliphatic heterocycles. The van der Waals surface area contributed by atoms with Crippen LogP contribution in [0.15, 0.2) is 53.5 Å². The molecule has 0 aromatic heterocycles. The third kappa shape index (κ3) is 1.98. The number of allylic oxidation sites excluding steroid dienone is 1. The molecule has 1 aliphatic rings. The minimum absolute atomic E-state index is 0.135. The summed E-state index contributed by atoms with van der Waals surface area (Å²) < 4.78 is 0. The summed E-state index contributed by atoms with van der Waals surface area (Å²) in [4.78, 5) is 4.90. The van der Waals surface area contributed by atoms with Crippen LogP contribution in [0.4, 0.5) is 0 Å². The Balaban J connectivity index is 2.20. The molecule has 1 nitrogen and oxygen atoms in total. The van der Waals surface area contributed by atoms with E-state index in [-0.39, 0.29) is 5.54 Å². The van der Waals surface area contributed by atoms with Gasteiger partial charge < -0.3 is 0 Å². The van der Waals surface area contributed by atoms with E-state index in [9.17, 15) is 0 Å². The predicted octanol–water partition coefficient (Wildman–Crippen LogP) is 5.23. The van der Waals surface area contributed by atoms with Crippen LogP contribution in [-0.2, 0) is 5.54 Å². The minimum atomic E-state index is -0.135. The van der Waals surface area contributed by atoms with Gasteiger partial charge in [-0.2, -0.15) is 0 Å². The Labute approximate surface area is 121 Å². The Kier molecular flexibility index (Phi) is 3.43. The molecule has 102 valence electrons. The smallest absolute Gasteiger partial charge is 0.104 e. The third-order valence-corrected chi connectivity index (χ3v) is 4.12. The number of fused-ring (bicyclic) bond motifs is 3. The summed E-state index contributed by atoms with van der Waals surface area (Å²) in [6.45, 7) is 4.41. The lowest BCUT2D eigenvalue weighted by Crippen LogP contribution is -2.18. The van der Waals surface area contributed by atoms with Crippen molar-refractivity contribution in [1.29, 1.82) is 0 Å². The van der Waals surface area contributed by atoms with Gasteiger partial charge in [0.1, 0.15) is 5.54 Å². The van der Waals surface area contributed by atoms with E-state index in [1.807, 2.05) is 0 Å². The lowest BCUT2D eigenvalue weighted by Gasteiger charge is -2.24. The van der Waals surface area contributed by atoms with Crippen molar-refractivity contribution in [2.45, 2.75) is 38.6 Å². The minimum Gasteiger partial charge on any atom is -0.277 e. The number of aliphatic imine (C=N–C) groups is 1. The van der Waals surface area contributed by atoms with Crippen LogP contribution in [0.5, 0.6) is 0 Å². The molecule has 1 unspecified atom stereocenters. The molecule has 0 saturated heterocycles. The molecular formula is C19H21N. The first-order valence-corrected chi connectivity index (χ1v) is 7.56. The molecule has 0 aliphatic carbocycles. The van der Waals surface area contributed by atoms with Gasteiger partial charge in [0.25, 0.3) is 0 Å². The van der Waals surface area contributed by atoms with Crippen LogP contribution >= 0.6 is 0 Å². The normalized spacial score (nSPS) is 20.9. The second-order valence-corrected chi connectivity index (χ2v) is 5.49. The monoisotopic (exact) mass is 263 g/mol. The Morgan fingerprint density at radius 2 is 1.95 bits per heavy atom. The van der Waals surface area contributed by atoms with Crippen LogP contribution in [0.2, 0.25) is 0 Å². The van der Waals surface area contributed by atoms with Crippen LogP contribution in [0.1, 0.15) is 44.2 Å². The number of hydrogen-bond donors (Lipinski definition) is 0. The van der Waals surface area contributed by atoms with E-state index >= 15 is 0 Å². The summed E-state index contributed by atoms with van der Waals surface area (Å²) in [5.74, 6) is 0. The second kappa shape index (κ2) is 5.24. The highest BCUT2D eigenvalue weighted by atomic mass is 14.9. The van der Waals surface area contributed by atoms with E-state index in [1.54, 1.807) is 0 Å². The highest BCUT2D eigenvalue weighted by Gasteiger charge is 2.33. The fourth-order valence-corrected chi connectivity index (χ4v) is 3.17. The van der Waals surface area contributed by atoms with Crippen molar-refractivity contribution >= 4 is 17.0 Å². The van der Waals surface area contributed by atoms with Gasteiger partial charge in [0.2, 0.25) is 0 Å². The highest BCUT2D eigenvalue weighted by Crippen LogP contribution is 2.41. The first kappa shape index (κ1) is 13.1. The Bertz CT molecular complexity index is 681. The maximum Gasteiger partial charge on any atom is 0.104 e. The molecular weight excluding hydrogens is 242 g/mol. The Morgan fingerprint density at radius 3 is 2.75 bits per heavy atom. The molecule has 1 atom stereocenters. The molecule has 1 heteroatoms. The van der Waals surface area contributed by atoms with Crippen LogP contribution in [0, 0.1) is 0 Å². The van der Waals surface area contributed by atoms with E-state index in [0.29, 0.717) is 0 Å². The van der Waals surface area contributed by atoms with Crippen molar-refractivity contribution in [3.05, 3.63) is 59.7 Å². The van der Waals surface area contributed by atoms with Gasteiger partial charge in [0.05, 0.1) is 0 Å². The summed E-state index contributed by atoms with van der Waals surface area (Å²) in [6.07, 6.45) is 9.89. The molecule has 0 fully saturated rings. The molecule has 3 rings (SSSR count). The van der Waals surface area contributed by atoms with Gasteiger partial charge in [0.15, 0.2) is 0 Å². The number of benzene rings is 2. The summed E-state index contributed by atoms with van der Waals surface area (Å²) in [5, 5.41) is 2.61. The quantitative estimate of drug-likeness (QED) is 0.669. The highest BCUT2D eigenvalue weighted by molar-refractivity contribution is 6.03. The van der Waals surface area contributed by atoms with Gasteiger partial charge >= 0.3 is 0 Å². The largest absolute Gasteiger partial charge is 0.277 e. The van der Waals surface area contributed by atoms with Crippen LogP contribution < -0.4 is 0 Å². The summed E-state index contributed by atoms with van der Waals surface area (Å²) in [6, 6.07) is 13.1. The molecule has 20 heavy (non-hydrogen) atoms. The lowest BCUT2D eigenvalue weighted by molar-refractivity contribution is 0.517. The van der Waals surface area contributed by atoms with Crippen molar-refractivity contribution in [1.82, 2.24) is 0 Å². The van der Waals surface area contributed by atoms with E-state index in [0.717, 1.165) is 19.3 Å². The SMILES string of the molecule is CC/C=C/C1(CCC)N=Cc2c1ccc1ccccc21. The molecule has 0 radical (unpaired) electrons. The molecule has 0 spiro atoms. The fraction of sp³-hybridized carbons (Fsp3) is 0.316. The van der Waals surface area contributed by atoms with Gasteiger partial charge in [-0.25, -0.2) is 0 Å². The molecule has 0 bridgehead atoms. The molecule has 0 amide bonds. The van der Waals surface area contributed by atoms with Gasteiger partial charge in [-0.15, -0.1) is 0 Å². The Hall–Kier alpha value is -1.89. The van der Waals surface area contributed by atoms with E-state index in [4.69, 9.17) is 4.99 Å².